The summed E-state index contributed by atoms with van der Waals surface area (Å²) >= 11 is 6.66. The Balaban J connectivity index is 1.57. The van der Waals surface area contributed by atoms with Crippen LogP contribution in [0.25, 0.3) is 6.08 Å². The number of rotatable bonds is 6. The van der Waals surface area contributed by atoms with E-state index in [2.05, 4.69) is 0 Å². The molecule has 0 N–H and O–H groups in total. The molecule has 0 aromatic heterocycles. The Labute approximate surface area is 163 Å². The third kappa shape index (κ3) is 4.45. The van der Waals surface area contributed by atoms with E-state index >= 15 is 0 Å². The largest absolute Gasteiger partial charge is 0.497 e. The summed E-state index contributed by atoms with van der Waals surface area (Å²) in [6.45, 7) is 2.21. The van der Waals surface area contributed by atoms with Gasteiger partial charge >= 0.3 is 0 Å². The van der Waals surface area contributed by atoms with Gasteiger partial charge in [-0.1, -0.05) is 36.1 Å². The van der Waals surface area contributed by atoms with Crippen LogP contribution in [0.3, 0.4) is 0 Å². The van der Waals surface area contributed by atoms with Crippen LogP contribution in [0.4, 0.5) is 0 Å². The van der Waals surface area contributed by atoms with Gasteiger partial charge in [-0.05, 0) is 43.0 Å². The molecule has 2 aliphatic rings. The highest BCUT2D eigenvalue weighted by Gasteiger charge is 2.31. The van der Waals surface area contributed by atoms with Gasteiger partial charge in [-0.15, -0.1) is 0 Å². The molecule has 26 heavy (non-hydrogen) atoms. The zero-order chi connectivity index (χ0) is 18.5. The van der Waals surface area contributed by atoms with Crippen molar-refractivity contribution in [3.8, 4) is 5.75 Å². The zero-order valence-corrected chi connectivity index (χ0v) is 16.4. The highest BCUT2D eigenvalue weighted by molar-refractivity contribution is 8.26. The predicted octanol–water partition coefficient (Wildman–Crippen LogP) is 3.30. The molecule has 2 fully saturated rings. The van der Waals surface area contributed by atoms with E-state index < -0.39 is 0 Å². The first kappa shape index (κ1) is 18.9. The van der Waals surface area contributed by atoms with Crippen LogP contribution >= 0.6 is 24.0 Å². The second kappa shape index (κ2) is 8.68. The molecule has 0 saturated carbocycles. The van der Waals surface area contributed by atoms with Gasteiger partial charge in [-0.3, -0.25) is 14.5 Å². The highest BCUT2D eigenvalue weighted by Crippen LogP contribution is 2.33. The Morgan fingerprint density at radius 3 is 2.85 bits per heavy atom. The van der Waals surface area contributed by atoms with E-state index in [1.807, 2.05) is 35.2 Å². The van der Waals surface area contributed by atoms with E-state index in [1.165, 1.54) is 11.8 Å². The molecule has 0 radical (unpaired) electrons. The summed E-state index contributed by atoms with van der Waals surface area (Å²) < 4.78 is 5.77. The third-order valence-corrected chi connectivity index (χ3v) is 5.87. The lowest BCUT2D eigenvalue weighted by molar-refractivity contribution is -0.130. The fourth-order valence-corrected chi connectivity index (χ4v) is 4.40. The molecule has 3 rings (SSSR count). The number of thiocarbonyl (C=S) groups is 1. The maximum atomic E-state index is 12.6. The number of hydrogen-bond donors (Lipinski definition) is 0. The normalized spacial score (nSPS) is 18.9. The van der Waals surface area contributed by atoms with Gasteiger partial charge in [-0.25, -0.2) is 0 Å². The van der Waals surface area contributed by atoms with Gasteiger partial charge < -0.3 is 9.64 Å². The summed E-state index contributed by atoms with van der Waals surface area (Å²) in [6, 6.07) is 7.54. The minimum Gasteiger partial charge on any atom is -0.497 e. The number of carbonyl (C=O) groups is 2. The maximum Gasteiger partial charge on any atom is 0.266 e. The van der Waals surface area contributed by atoms with Gasteiger partial charge in [-0.2, -0.15) is 0 Å². The first-order valence-corrected chi connectivity index (χ1v) is 9.98. The molecule has 2 amide bonds. The first-order valence-electron chi connectivity index (χ1n) is 8.75. The van der Waals surface area contributed by atoms with Crippen molar-refractivity contribution in [2.75, 3.05) is 26.7 Å². The van der Waals surface area contributed by atoms with Crippen molar-refractivity contribution in [3.05, 3.63) is 34.7 Å². The molecule has 1 aromatic carbocycles. The van der Waals surface area contributed by atoms with Crippen LogP contribution in [0.15, 0.2) is 29.2 Å². The average Bonchev–Trinajstić information content (AvgIpc) is 3.26. The quantitative estimate of drug-likeness (QED) is 0.551. The highest BCUT2D eigenvalue weighted by atomic mass is 32.2. The Morgan fingerprint density at radius 2 is 2.12 bits per heavy atom. The van der Waals surface area contributed by atoms with Gasteiger partial charge in [0.05, 0.1) is 12.0 Å². The molecule has 2 aliphatic heterocycles. The van der Waals surface area contributed by atoms with Crippen molar-refractivity contribution >= 4 is 46.2 Å². The number of thioether (sulfide) groups is 1. The smallest absolute Gasteiger partial charge is 0.266 e. The van der Waals surface area contributed by atoms with E-state index in [9.17, 15) is 9.59 Å². The minimum absolute atomic E-state index is 0.0866. The monoisotopic (exact) mass is 390 g/mol. The second-order valence-electron chi connectivity index (χ2n) is 6.30. The number of likely N-dealkylation sites (tertiary alicyclic amines) is 1. The number of ether oxygens (including phenoxy) is 1. The third-order valence-electron chi connectivity index (χ3n) is 4.50. The molecule has 138 valence electrons. The molecule has 5 nitrogen and oxygen atoms in total. The van der Waals surface area contributed by atoms with Crippen molar-refractivity contribution < 1.29 is 14.3 Å². The fraction of sp³-hybridized carbons (Fsp3) is 0.421. The predicted molar refractivity (Wildman–Crippen MR) is 108 cm³/mol. The summed E-state index contributed by atoms with van der Waals surface area (Å²) in [5.41, 5.74) is 0.897. The van der Waals surface area contributed by atoms with Gasteiger partial charge in [0.1, 0.15) is 10.1 Å². The van der Waals surface area contributed by atoms with Gasteiger partial charge in [0.25, 0.3) is 5.91 Å². The van der Waals surface area contributed by atoms with Crippen LogP contribution < -0.4 is 4.74 Å². The van der Waals surface area contributed by atoms with Crippen molar-refractivity contribution in [3.63, 3.8) is 0 Å². The number of amides is 2. The zero-order valence-electron chi connectivity index (χ0n) is 14.8. The fourth-order valence-electron chi connectivity index (χ4n) is 3.09. The summed E-state index contributed by atoms with van der Waals surface area (Å²) in [5, 5.41) is 0. The number of methoxy groups -OCH3 is 1. The number of hydrogen-bond acceptors (Lipinski definition) is 5. The van der Waals surface area contributed by atoms with Gasteiger partial charge in [0.15, 0.2) is 0 Å². The minimum atomic E-state index is -0.0866. The van der Waals surface area contributed by atoms with Crippen LogP contribution in [0.2, 0.25) is 0 Å². The second-order valence-corrected chi connectivity index (χ2v) is 7.98. The molecule has 7 heteroatoms. The Bertz CT molecular complexity index is 742. The Kier molecular flexibility index (Phi) is 6.32. The van der Waals surface area contributed by atoms with E-state index in [0.717, 1.165) is 37.2 Å². The summed E-state index contributed by atoms with van der Waals surface area (Å²) in [7, 11) is 1.61. The van der Waals surface area contributed by atoms with Crippen molar-refractivity contribution in [2.24, 2.45) is 0 Å². The van der Waals surface area contributed by atoms with Crippen LogP contribution in [-0.4, -0.2) is 52.7 Å². The Hall–Kier alpha value is -1.86. The molecule has 0 spiro atoms. The lowest BCUT2D eigenvalue weighted by Gasteiger charge is -2.17. The van der Waals surface area contributed by atoms with Crippen LogP contribution in [0.5, 0.6) is 5.75 Å². The van der Waals surface area contributed by atoms with Crippen molar-refractivity contribution in [1.82, 2.24) is 9.80 Å². The van der Waals surface area contributed by atoms with Crippen molar-refractivity contribution in [1.29, 1.82) is 0 Å². The number of benzene rings is 1. The average molecular weight is 391 g/mol. The molecule has 0 unspecified atom stereocenters. The number of carbonyl (C=O) groups excluding carboxylic acids is 2. The topological polar surface area (TPSA) is 49.9 Å². The molecule has 0 aliphatic carbocycles. The summed E-state index contributed by atoms with van der Waals surface area (Å²) in [6.07, 6.45) is 5.11. The molecular formula is C19H22N2O3S2. The molecule has 1 aromatic rings. The molecule has 0 bridgehead atoms. The standard InChI is InChI=1S/C19H22N2O3S2/c1-24-15-7-4-6-14(12-15)13-16-18(23)21(19(25)26-16)11-5-8-17(22)20-9-2-3-10-20/h4,6-7,12-13H,2-3,5,8-11H2,1H3. The lowest BCUT2D eigenvalue weighted by atomic mass is 10.2. The van der Waals surface area contributed by atoms with Crippen LogP contribution in [0.1, 0.15) is 31.2 Å². The van der Waals surface area contributed by atoms with E-state index in [1.54, 1.807) is 12.0 Å². The molecular weight excluding hydrogens is 368 g/mol. The van der Waals surface area contributed by atoms with Crippen LogP contribution in [-0.2, 0) is 9.59 Å². The van der Waals surface area contributed by atoms with E-state index in [-0.39, 0.29) is 11.8 Å². The van der Waals surface area contributed by atoms with Crippen LogP contribution in [0, 0.1) is 0 Å². The SMILES string of the molecule is COc1cccc(C=C2SC(=S)N(CCCC(=O)N3CCCC3)C2=O)c1. The first-order chi connectivity index (χ1) is 12.6. The van der Waals surface area contributed by atoms with Gasteiger partial charge in [0, 0.05) is 26.1 Å². The molecule has 0 atom stereocenters. The molecule has 2 heterocycles. The van der Waals surface area contributed by atoms with Crippen molar-refractivity contribution in [2.45, 2.75) is 25.7 Å². The number of nitrogens with zero attached hydrogens (tertiary/aromatic N) is 2. The Morgan fingerprint density at radius 1 is 1.35 bits per heavy atom. The van der Waals surface area contributed by atoms with Gasteiger partial charge in [0.2, 0.25) is 5.91 Å². The van der Waals surface area contributed by atoms with E-state index in [4.69, 9.17) is 17.0 Å². The summed E-state index contributed by atoms with van der Waals surface area (Å²) in [5.74, 6) is 0.839. The molecule has 2 saturated heterocycles. The lowest BCUT2D eigenvalue weighted by Crippen LogP contribution is -2.31. The van der Waals surface area contributed by atoms with E-state index in [0.29, 0.717) is 28.6 Å². The maximum absolute atomic E-state index is 12.6. The summed E-state index contributed by atoms with van der Waals surface area (Å²) in [4.78, 5) is 28.9.